The summed E-state index contributed by atoms with van der Waals surface area (Å²) in [5.74, 6) is 0.425. The van der Waals surface area contributed by atoms with Crippen molar-refractivity contribution in [2.45, 2.75) is 20.0 Å². The zero-order valence-corrected chi connectivity index (χ0v) is 20.3. The molecule has 0 bridgehead atoms. The Morgan fingerprint density at radius 3 is 1.94 bits per heavy atom. The van der Waals surface area contributed by atoms with Gasteiger partial charge >= 0.3 is 0 Å². The third kappa shape index (κ3) is 5.58. The van der Waals surface area contributed by atoms with E-state index in [-0.39, 0.29) is 12.5 Å². The molecule has 5 aromatic rings. The van der Waals surface area contributed by atoms with Gasteiger partial charge in [0.2, 0.25) is 11.9 Å². The van der Waals surface area contributed by atoms with Crippen LogP contribution in [0.3, 0.4) is 0 Å². The van der Waals surface area contributed by atoms with Gasteiger partial charge in [0.05, 0.1) is 17.8 Å². The Bertz CT molecular complexity index is 1410. The maximum atomic E-state index is 13.4. The molecule has 1 heterocycles. The second-order valence-electron chi connectivity index (χ2n) is 8.86. The Labute approximate surface area is 211 Å². The Kier molecular flexibility index (Phi) is 6.99. The molecule has 5 nitrogen and oxygen atoms in total. The Balaban J connectivity index is 1.40. The largest absolute Gasteiger partial charge is 0.345 e. The van der Waals surface area contributed by atoms with E-state index in [9.17, 15) is 4.79 Å². The summed E-state index contributed by atoms with van der Waals surface area (Å²) in [6.07, 6.45) is 0. The van der Waals surface area contributed by atoms with Crippen molar-refractivity contribution in [1.29, 1.82) is 0 Å². The molecular formula is C31H28N4O. The van der Waals surface area contributed by atoms with Gasteiger partial charge in [-0.15, -0.1) is 0 Å². The van der Waals surface area contributed by atoms with E-state index in [0.29, 0.717) is 19.0 Å². The quantitative estimate of drug-likeness (QED) is 0.290. The molecule has 0 aliphatic heterocycles. The molecule has 0 spiro atoms. The number of carbonyl (C=O) groups excluding carboxylic acids is 1. The first-order chi connectivity index (χ1) is 17.7. The summed E-state index contributed by atoms with van der Waals surface area (Å²) in [5, 5.41) is 4.19. The first-order valence-corrected chi connectivity index (χ1v) is 12.1. The molecule has 5 heteroatoms. The van der Waals surface area contributed by atoms with E-state index < -0.39 is 0 Å². The Morgan fingerprint density at radius 2 is 1.33 bits per heavy atom. The first kappa shape index (κ1) is 23.2. The minimum absolute atomic E-state index is 0.0171. The molecule has 0 aliphatic carbocycles. The number of hydrogen-bond donors (Lipinski definition) is 1. The minimum atomic E-state index is -0.0171. The number of aromatic nitrogens is 2. The van der Waals surface area contributed by atoms with Crippen molar-refractivity contribution in [1.82, 2.24) is 14.9 Å². The molecule has 178 valence electrons. The predicted molar refractivity (Wildman–Crippen MR) is 145 cm³/mol. The van der Waals surface area contributed by atoms with Crippen LogP contribution < -0.4 is 5.32 Å². The van der Waals surface area contributed by atoms with Gasteiger partial charge < -0.3 is 10.2 Å². The van der Waals surface area contributed by atoms with E-state index >= 15 is 0 Å². The lowest BCUT2D eigenvalue weighted by Gasteiger charge is -2.23. The van der Waals surface area contributed by atoms with Crippen molar-refractivity contribution < 1.29 is 4.79 Å². The van der Waals surface area contributed by atoms with Crippen molar-refractivity contribution in [3.63, 3.8) is 0 Å². The fourth-order valence-corrected chi connectivity index (χ4v) is 4.24. The summed E-state index contributed by atoms with van der Waals surface area (Å²) in [7, 11) is 0. The summed E-state index contributed by atoms with van der Waals surface area (Å²) < 4.78 is 0. The summed E-state index contributed by atoms with van der Waals surface area (Å²) in [6, 6.07) is 36.3. The van der Waals surface area contributed by atoms with Crippen LogP contribution in [0.5, 0.6) is 0 Å². The fraction of sp³-hybridized carbons (Fsp3) is 0.129. The lowest BCUT2D eigenvalue weighted by Crippen LogP contribution is -2.35. The van der Waals surface area contributed by atoms with E-state index in [2.05, 4.69) is 18.3 Å². The smallest absolute Gasteiger partial charge is 0.242 e. The SMILES string of the molecule is Cc1ccc2nc(NCC(=O)N(Cc3ccccc3)Cc3ccccc3)nc(-c3ccccc3)c2c1. The molecular weight excluding hydrogens is 444 g/mol. The third-order valence-corrected chi connectivity index (χ3v) is 6.08. The van der Waals surface area contributed by atoms with Gasteiger partial charge in [-0.1, -0.05) is 103 Å². The highest BCUT2D eigenvalue weighted by Gasteiger charge is 2.16. The molecule has 0 aliphatic rings. The van der Waals surface area contributed by atoms with E-state index in [1.165, 1.54) is 0 Å². The van der Waals surface area contributed by atoms with Gasteiger partial charge in [0.1, 0.15) is 0 Å². The molecule has 0 saturated heterocycles. The predicted octanol–water partition coefficient (Wildman–Crippen LogP) is 6.25. The highest BCUT2D eigenvalue weighted by atomic mass is 16.2. The van der Waals surface area contributed by atoms with E-state index in [1.807, 2.05) is 108 Å². The average Bonchev–Trinajstić information content (AvgIpc) is 2.92. The number of aryl methyl sites for hydroxylation is 1. The average molecular weight is 473 g/mol. The summed E-state index contributed by atoms with van der Waals surface area (Å²) in [5.41, 5.74) is 6.03. The van der Waals surface area contributed by atoms with Gasteiger partial charge in [-0.3, -0.25) is 4.79 Å². The highest BCUT2D eigenvalue weighted by Crippen LogP contribution is 2.28. The fourth-order valence-electron chi connectivity index (χ4n) is 4.24. The molecule has 5 rings (SSSR count). The Hall–Kier alpha value is -4.51. The highest BCUT2D eigenvalue weighted by molar-refractivity contribution is 5.93. The van der Waals surface area contributed by atoms with Crippen molar-refractivity contribution in [3.05, 3.63) is 126 Å². The number of hydrogen-bond acceptors (Lipinski definition) is 4. The maximum absolute atomic E-state index is 13.4. The number of anilines is 1. The number of amides is 1. The van der Waals surface area contributed by atoms with Crippen LogP contribution in [0.15, 0.2) is 109 Å². The van der Waals surface area contributed by atoms with Crippen LogP contribution in [0.2, 0.25) is 0 Å². The van der Waals surface area contributed by atoms with Crippen LogP contribution >= 0.6 is 0 Å². The number of nitrogens with zero attached hydrogens (tertiary/aromatic N) is 3. The molecule has 1 amide bonds. The molecule has 0 radical (unpaired) electrons. The van der Waals surface area contributed by atoms with Gasteiger partial charge in [0.25, 0.3) is 0 Å². The van der Waals surface area contributed by atoms with Crippen LogP contribution in [0, 0.1) is 6.92 Å². The van der Waals surface area contributed by atoms with Crippen LogP contribution in [0.25, 0.3) is 22.2 Å². The molecule has 0 unspecified atom stereocenters. The molecule has 0 fully saturated rings. The Morgan fingerprint density at radius 1 is 0.750 bits per heavy atom. The number of fused-ring (bicyclic) bond motifs is 1. The number of carbonyl (C=O) groups is 1. The number of nitrogens with one attached hydrogen (secondary N) is 1. The second-order valence-corrected chi connectivity index (χ2v) is 8.86. The third-order valence-electron chi connectivity index (χ3n) is 6.08. The lowest BCUT2D eigenvalue weighted by atomic mass is 10.0. The van der Waals surface area contributed by atoms with E-state index in [1.54, 1.807) is 0 Å². The van der Waals surface area contributed by atoms with Crippen LogP contribution in [0.1, 0.15) is 16.7 Å². The van der Waals surface area contributed by atoms with Crippen molar-refractivity contribution in [3.8, 4) is 11.3 Å². The van der Waals surface area contributed by atoms with Gasteiger partial charge in [0, 0.05) is 24.0 Å². The zero-order chi connectivity index (χ0) is 24.7. The van der Waals surface area contributed by atoms with Gasteiger partial charge in [-0.25, -0.2) is 9.97 Å². The monoisotopic (exact) mass is 472 g/mol. The van der Waals surface area contributed by atoms with Gasteiger partial charge in [-0.05, 0) is 30.2 Å². The molecule has 4 aromatic carbocycles. The molecule has 1 N–H and O–H groups in total. The maximum Gasteiger partial charge on any atom is 0.242 e. The van der Waals surface area contributed by atoms with Crippen molar-refractivity contribution in [2.75, 3.05) is 11.9 Å². The summed E-state index contributed by atoms with van der Waals surface area (Å²) in [4.78, 5) is 24.8. The minimum Gasteiger partial charge on any atom is -0.345 e. The topological polar surface area (TPSA) is 58.1 Å². The zero-order valence-electron chi connectivity index (χ0n) is 20.3. The molecule has 1 aromatic heterocycles. The van der Waals surface area contributed by atoms with Crippen LogP contribution in [0.4, 0.5) is 5.95 Å². The standard InChI is InChI=1S/C31H28N4O/c1-23-17-18-28-27(19-23)30(26-15-9-4-10-16-26)34-31(33-28)32-20-29(36)35(21-24-11-5-2-6-12-24)22-25-13-7-3-8-14-25/h2-19H,20-22H2,1H3,(H,32,33,34). The molecule has 0 saturated carbocycles. The van der Waals surface area contributed by atoms with E-state index in [4.69, 9.17) is 9.97 Å². The van der Waals surface area contributed by atoms with Crippen molar-refractivity contribution in [2.24, 2.45) is 0 Å². The van der Waals surface area contributed by atoms with Gasteiger partial charge in [-0.2, -0.15) is 0 Å². The normalized spacial score (nSPS) is 10.8. The second kappa shape index (κ2) is 10.8. The lowest BCUT2D eigenvalue weighted by molar-refractivity contribution is -0.130. The van der Waals surface area contributed by atoms with Crippen LogP contribution in [-0.4, -0.2) is 27.3 Å². The molecule has 36 heavy (non-hydrogen) atoms. The van der Waals surface area contributed by atoms with Crippen molar-refractivity contribution >= 4 is 22.8 Å². The summed E-state index contributed by atoms with van der Waals surface area (Å²) in [6.45, 7) is 3.23. The van der Waals surface area contributed by atoms with Crippen LogP contribution in [-0.2, 0) is 17.9 Å². The van der Waals surface area contributed by atoms with Gasteiger partial charge in [0.15, 0.2) is 0 Å². The number of rotatable bonds is 8. The molecule has 0 atom stereocenters. The summed E-state index contributed by atoms with van der Waals surface area (Å²) >= 11 is 0. The van der Waals surface area contributed by atoms with E-state index in [0.717, 1.165) is 38.9 Å². The number of benzene rings is 4. The first-order valence-electron chi connectivity index (χ1n) is 12.1.